The van der Waals surface area contributed by atoms with Crippen LogP contribution in [0.15, 0.2) is 23.1 Å². The first-order chi connectivity index (χ1) is 7.28. The third-order valence-electron chi connectivity index (χ3n) is 2.70. The topological polar surface area (TPSA) is 43.4 Å². The normalized spacial score (nSPS) is 18.7. The van der Waals surface area contributed by atoms with Crippen LogP contribution in [-0.2, 0) is 15.5 Å². The summed E-state index contributed by atoms with van der Waals surface area (Å²) in [5, 5.41) is 0. The lowest BCUT2D eigenvalue weighted by molar-refractivity contribution is 0.0843. The third-order valence-corrected chi connectivity index (χ3v) is 4.05. The van der Waals surface area contributed by atoms with Gasteiger partial charge >= 0.3 is 0 Å². The summed E-state index contributed by atoms with van der Waals surface area (Å²) in [5.74, 6) is 0.623. The molecule has 0 unspecified atom stereocenters. The van der Waals surface area contributed by atoms with Crippen LogP contribution in [0.25, 0.3) is 0 Å². The zero-order chi connectivity index (χ0) is 12.0. The lowest BCUT2D eigenvalue weighted by Gasteiger charge is -2.32. The van der Waals surface area contributed by atoms with Crippen molar-refractivity contribution < 1.29 is 13.2 Å². The predicted molar refractivity (Wildman–Crippen MR) is 62.5 cm³/mol. The number of aryl methyl sites for hydroxylation is 1. The number of hydrogen-bond donors (Lipinski definition) is 0. The van der Waals surface area contributed by atoms with Gasteiger partial charge in [-0.05, 0) is 38.3 Å². The molecule has 0 N–H and O–H groups in total. The molecule has 3 nitrogen and oxygen atoms in total. The van der Waals surface area contributed by atoms with Crippen molar-refractivity contribution in [3.63, 3.8) is 0 Å². The molecule has 1 aliphatic rings. The van der Waals surface area contributed by atoms with Crippen LogP contribution < -0.4 is 4.74 Å². The Labute approximate surface area is 99.8 Å². The first-order valence-electron chi connectivity index (χ1n) is 5.05. The van der Waals surface area contributed by atoms with E-state index in [9.17, 15) is 8.42 Å². The van der Waals surface area contributed by atoms with Crippen molar-refractivity contribution in [1.29, 1.82) is 0 Å². The van der Waals surface area contributed by atoms with Gasteiger partial charge in [-0.2, -0.15) is 0 Å². The van der Waals surface area contributed by atoms with Crippen molar-refractivity contribution in [3.05, 3.63) is 23.8 Å². The van der Waals surface area contributed by atoms with Gasteiger partial charge in [0.05, 0.1) is 4.90 Å². The number of halogens is 1. The Balaban J connectivity index is 2.47. The Morgan fingerprint density at radius 2 is 2.06 bits per heavy atom. The molecule has 1 aliphatic heterocycles. The van der Waals surface area contributed by atoms with Crippen molar-refractivity contribution in [2.45, 2.75) is 37.2 Å². The minimum Gasteiger partial charge on any atom is -0.488 e. The van der Waals surface area contributed by atoms with Crippen LogP contribution >= 0.6 is 10.7 Å². The summed E-state index contributed by atoms with van der Waals surface area (Å²) in [4.78, 5) is 0.0885. The van der Waals surface area contributed by atoms with Crippen LogP contribution in [0.3, 0.4) is 0 Å². The van der Waals surface area contributed by atoms with Gasteiger partial charge in [-0.15, -0.1) is 0 Å². The first kappa shape index (κ1) is 11.7. The fraction of sp³-hybridized carbons (Fsp3) is 0.455. The summed E-state index contributed by atoms with van der Waals surface area (Å²) in [6, 6.07) is 4.78. The molecule has 1 aromatic carbocycles. The molecule has 1 heterocycles. The Kier molecular flexibility index (Phi) is 2.67. The van der Waals surface area contributed by atoms with Gasteiger partial charge in [0.2, 0.25) is 0 Å². The monoisotopic (exact) mass is 260 g/mol. The molecule has 88 valence electrons. The highest BCUT2D eigenvalue weighted by Gasteiger charge is 2.27. The van der Waals surface area contributed by atoms with Crippen molar-refractivity contribution in [3.8, 4) is 5.75 Å². The molecule has 0 spiro atoms. The Morgan fingerprint density at radius 3 is 2.69 bits per heavy atom. The van der Waals surface area contributed by atoms with E-state index in [1.807, 2.05) is 13.8 Å². The number of hydrogen-bond acceptors (Lipinski definition) is 3. The highest BCUT2D eigenvalue weighted by Crippen LogP contribution is 2.35. The van der Waals surface area contributed by atoms with Crippen molar-refractivity contribution in [2.24, 2.45) is 0 Å². The largest absolute Gasteiger partial charge is 0.488 e. The second-order valence-electron chi connectivity index (χ2n) is 4.57. The summed E-state index contributed by atoms with van der Waals surface area (Å²) >= 11 is 0. The fourth-order valence-electron chi connectivity index (χ4n) is 1.77. The van der Waals surface area contributed by atoms with E-state index in [0.29, 0.717) is 5.75 Å². The highest BCUT2D eigenvalue weighted by molar-refractivity contribution is 8.13. The van der Waals surface area contributed by atoms with Gasteiger partial charge in [0.1, 0.15) is 11.4 Å². The summed E-state index contributed by atoms with van der Waals surface area (Å²) in [6.07, 6.45) is 1.82. The smallest absolute Gasteiger partial charge is 0.261 e. The van der Waals surface area contributed by atoms with Gasteiger partial charge in [-0.1, -0.05) is 6.07 Å². The molecule has 0 aromatic heterocycles. The number of ether oxygens (including phenoxy) is 1. The van der Waals surface area contributed by atoms with Gasteiger partial charge in [0.15, 0.2) is 0 Å². The first-order valence-corrected chi connectivity index (χ1v) is 7.35. The van der Waals surface area contributed by atoms with Crippen LogP contribution in [0.2, 0.25) is 0 Å². The SMILES string of the molecule is CC1(C)CCc2ccc(S(=O)(=O)Cl)cc2O1. The van der Waals surface area contributed by atoms with E-state index in [1.165, 1.54) is 12.1 Å². The lowest BCUT2D eigenvalue weighted by Crippen LogP contribution is -2.32. The van der Waals surface area contributed by atoms with Crippen LogP contribution in [-0.4, -0.2) is 14.0 Å². The molecule has 16 heavy (non-hydrogen) atoms. The number of fused-ring (bicyclic) bond motifs is 1. The van der Waals surface area contributed by atoms with Crippen LogP contribution in [0, 0.1) is 0 Å². The molecule has 0 saturated carbocycles. The second-order valence-corrected chi connectivity index (χ2v) is 7.14. The minimum absolute atomic E-state index is 0.0885. The maximum atomic E-state index is 11.2. The maximum absolute atomic E-state index is 11.2. The molecule has 0 radical (unpaired) electrons. The van der Waals surface area contributed by atoms with Gasteiger partial charge < -0.3 is 4.74 Å². The Hall–Kier alpha value is -0.740. The van der Waals surface area contributed by atoms with E-state index in [-0.39, 0.29) is 10.5 Å². The van der Waals surface area contributed by atoms with E-state index in [1.54, 1.807) is 6.07 Å². The molecule has 0 atom stereocenters. The molecule has 0 aliphatic carbocycles. The van der Waals surface area contributed by atoms with E-state index >= 15 is 0 Å². The lowest BCUT2D eigenvalue weighted by atomic mass is 9.94. The average Bonchev–Trinajstić information content (AvgIpc) is 2.13. The van der Waals surface area contributed by atoms with Crippen LogP contribution in [0.4, 0.5) is 0 Å². The van der Waals surface area contributed by atoms with E-state index in [2.05, 4.69) is 0 Å². The summed E-state index contributed by atoms with van der Waals surface area (Å²) < 4.78 is 28.1. The molecule has 0 bridgehead atoms. The van der Waals surface area contributed by atoms with Gasteiger partial charge in [-0.25, -0.2) is 8.42 Å². The quantitative estimate of drug-likeness (QED) is 0.729. The van der Waals surface area contributed by atoms with Crippen molar-refractivity contribution in [1.82, 2.24) is 0 Å². The molecule has 0 amide bonds. The highest BCUT2D eigenvalue weighted by atomic mass is 35.7. The summed E-state index contributed by atoms with van der Waals surface area (Å²) in [6.45, 7) is 3.97. The summed E-state index contributed by atoms with van der Waals surface area (Å²) in [7, 11) is 1.61. The predicted octanol–water partition coefficient (Wildman–Crippen LogP) is 2.72. The van der Waals surface area contributed by atoms with Gasteiger partial charge in [0.25, 0.3) is 9.05 Å². The van der Waals surface area contributed by atoms with E-state index in [0.717, 1.165) is 18.4 Å². The molecule has 1 aromatic rings. The fourth-order valence-corrected chi connectivity index (χ4v) is 2.54. The van der Waals surface area contributed by atoms with Gasteiger partial charge in [0, 0.05) is 16.7 Å². The zero-order valence-corrected chi connectivity index (χ0v) is 10.7. The standard InChI is InChI=1S/C11H13ClO3S/c1-11(2)6-5-8-3-4-9(16(12,13)14)7-10(8)15-11/h3-4,7H,5-6H2,1-2H3. The molecule has 2 rings (SSSR count). The van der Waals surface area contributed by atoms with Crippen LogP contribution in [0.5, 0.6) is 5.75 Å². The van der Waals surface area contributed by atoms with Gasteiger partial charge in [-0.3, -0.25) is 0 Å². The molecular formula is C11H13ClO3S. The Bertz CT molecular complexity index is 520. The molecule has 0 fully saturated rings. The van der Waals surface area contributed by atoms with Crippen molar-refractivity contribution >= 4 is 19.7 Å². The summed E-state index contributed by atoms with van der Waals surface area (Å²) in [5.41, 5.74) is 0.783. The van der Waals surface area contributed by atoms with Crippen molar-refractivity contribution in [2.75, 3.05) is 0 Å². The number of benzene rings is 1. The van der Waals surface area contributed by atoms with Crippen LogP contribution in [0.1, 0.15) is 25.8 Å². The Morgan fingerprint density at radius 1 is 1.38 bits per heavy atom. The molecule has 0 saturated heterocycles. The number of rotatable bonds is 1. The third kappa shape index (κ3) is 2.33. The van der Waals surface area contributed by atoms with E-state index < -0.39 is 9.05 Å². The maximum Gasteiger partial charge on any atom is 0.261 e. The zero-order valence-electron chi connectivity index (χ0n) is 9.16. The van der Waals surface area contributed by atoms with E-state index in [4.69, 9.17) is 15.4 Å². The molecular weight excluding hydrogens is 248 g/mol. The minimum atomic E-state index is -3.68. The molecule has 5 heteroatoms. The second kappa shape index (κ2) is 3.64. The average molecular weight is 261 g/mol.